The van der Waals surface area contributed by atoms with E-state index >= 15 is 0 Å². The van der Waals surface area contributed by atoms with E-state index in [1.165, 1.54) is 11.1 Å². The lowest BCUT2D eigenvalue weighted by atomic mass is 10.00. The second-order valence-corrected chi connectivity index (χ2v) is 4.42. The Morgan fingerprint density at radius 3 is 2.50 bits per heavy atom. The summed E-state index contributed by atoms with van der Waals surface area (Å²) < 4.78 is 0. The van der Waals surface area contributed by atoms with Crippen molar-refractivity contribution in [3.63, 3.8) is 0 Å². The number of hydrogen-bond acceptors (Lipinski definition) is 2. The minimum atomic E-state index is -0.270. The molecule has 0 heterocycles. The highest BCUT2D eigenvalue weighted by Crippen LogP contribution is 2.13. The Morgan fingerprint density at radius 2 is 2.00 bits per heavy atom. The zero-order chi connectivity index (χ0) is 10.8. The van der Waals surface area contributed by atoms with Crippen LogP contribution < -0.4 is 5.73 Å². The maximum Gasteiger partial charge on any atom is 0.0694 e. The molecule has 0 radical (unpaired) electrons. The van der Waals surface area contributed by atoms with Crippen molar-refractivity contribution in [1.29, 1.82) is 0 Å². The van der Waals surface area contributed by atoms with Gasteiger partial charge in [-0.15, -0.1) is 0 Å². The summed E-state index contributed by atoms with van der Waals surface area (Å²) in [5.41, 5.74) is 8.48. The highest BCUT2D eigenvalue weighted by Gasteiger charge is 2.21. The predicted molar refractivity (Wildman–Crippen MR) is 61.2 cm³/mol. The minimum Gasteiger partial charge on any atom is -0.313 e. The molecule has 0 saturated heterocycles. The molecule has 78 valence electrons. The van der Waals surface area contributed by atoms with Crippen LogP contribution in [0.4, 0.5) is 0 Å². The normalized spacial score (nSPS) is 15.6. The van der Waals surface area contributed by atoms with E-state index in [9.17, 15) is 0 Å². The molecule has 0 aliphatic heterocycles. The molecule has 0 aromatic heterocycles. The molecule has 0 fully saturated rings. The van der Waals surface area contributed by atoms with Gasteiger partial charge in [-0.25, -0.2) is 0 Å². The Bertz CT molecular complexity index is 303. The first-order chi connectivity index (χ1) is 6.42. The second-order valence-electron chi connectivity index (χ2n) is 4.42. The quantitative estimate of drug-likeness (QED) is 0.740. The molecule has 2 nitrogen and oxygen atoms in total. The molecular formula is C12H20N2. The fraction of sp³-hybridized carbons (Fsp3) is 0.500. The van der Waals surface area contributed by atoms with E-state index in [1.807, 2.05) is 14.1 Å². The molecule has 0 aliphatic carbocycles. The van der Waals surface area contributed by atoms with Crippen molar-refractivity contribution in [1.82, 2.24) is 4.90 Å². The van der Waals surface area contributed by atoms with Crippen molar-refractivity contribution >= 4 is 0 Å². The van der Waals surface area contributed by atoms with E-state index in [1.54, 1.807) is 0 Å². The van der Waals surface area contributed by atoms with Crippen LogP contribution in [0.2, 0.25) is 0 Å². The van der Waals surface area contributed by atoms with Gasteiger partial charge in [-0.1, -0.05) is 29.8 Å². The van der Waals surface area contributed by atoms with Gasteiger partial charge in [0.25, 0.3) is 0 Å². The van der Waals surface area contributed by atoms with Gasteiger partial charge in [0.2, 0.25) is 0 Å². The van der Waals surface area contributed by atoms with Crippen LogP contribution in [0.3, 0.4) is 0 Å². The summed E-state index contributed by atoms with van der Waals surface area (Å²) in [6.07, 6.45) is 0.877. The Kier molecular flexibility index (Phi) is 3.29. The summed E-state index contributed by atoms with van der Waals surface area (Å²) >= 11 is 0. The number of rotatable bonds is 3. The van der Waals surface area contributed by atoms with E-state index in [2.05, 4.69) is 43.0 Å². The fourth-order valence-corrected chi connectivity index (χ4v) is 1.39. The van der Waals surface area contributed by atoms with Gasteiger partial charge < -0.3 is 5.73 Å². The van der Waals surface area contributed by atoms with Gasteiger partial charge in [0.15, 0.2) is 0 Å². The lowest BCUT2D eigenvalue weighted by molar-refractivity contribution is 0.180. The van der Waals surface area contributed by atoms with Crippen molar-refractivity contribution in [3.05, 3.63) is 35.4 Å². The summed E-state index contributed by atoms with van der Waals surface area (Å²) in [5, 5.41) is 0. The topological polar surface area (TPSA) is 29.3 Å². The molecule has 1 rings (SSSR count). The predicted octanol–water partition coefficient (Wildman–Crippen LogP) is 1.77. The molecule has 1 aromatic carbocycles. The fourth-order valence-electron chi connectivity index (χ4n) is 1.39. The van der Waals surface area contributed by atoms with Crippen LogP contribution >= 0.6 is 0 Å². The monoisotopic (exact) mass is 192 g/mol. The highest BCUT2D eigenvalue weighted by molar-refractivity contribution is 5.23. The van der Waals surface area contributed by atoms with Gasteiger partial charge in [0, 0.05) is 6.42 Å². The Labute approximate surface area is 86.7 Å². The van der Waals surface area contributed by atoms with Gasteiger partial charge in [0.1, 0.15) is 0 Å². The van der Waals surface area contributed by atoms with Gasteiger partial charge in [-0.3, -0.25) is 4.90 Å². The van der Waals surface area contributed by atoms with Gasteiger partial charge >= 0.3 is 0 Å². The van der Waals surface area contributed by atoms with Crippen LogP contribution in [0.1, 0.15) is 18.1 Å². The van der Waals surface area contributed by atoms with Gasteiger partial charge in [-0.2, -0.15) is 0 Å². The third kappa shape index (κ3) is 2.82. The van der Waals surface area contributed by atoms with Crippen molar-refractivity contribution in [2.75, 3.05) is 14.1 Å². The van der Waals surface area contributed by atoms with E-state index < -0.39 is 0 Å². The summed E-state index contributed by atoms with van der Waals surface area (Å²) in [6.45, 7) is 4.16. The molecule has 1 unspecified atom stereocenters. The van der Waals surface area contributed by atoms with Gasteiger partial charge in [0.05, 0.1) is 5.66 Å². The summed E-state index contributed by atoms with van der Waals surface area (Å²) in [7, 11) is 4.02. The van der Waals surface area contributed by atoms with E-state index in [0.717, 1.165) is 6.42 Å². The van der Waals surface area contributed by atoms with Crippen molar-refractivity contribution in [2.45, 2.75) is 25.9 Å². The van der Waals surface area contributed by atoms with E-state index in [0.29, 0.717) is 0 Å². The van der Waals surface area contributed by atoms with Crippen molar-refractivity contribution in [3.8, 4) is 0 Å². The molecule has 2 N–H and O–H groups in total. The molecule has 1 aromatic rings. The smallest absolute Gasteiger partial charge is 0.0694 e. The number of aryl methyl sites for hydroxylation is 1. The molecule has 2 heteroatoms. The van der Waals surface area contributed by atoms with E-state index in [4.69, 9.17) is 5.73 Å². The lowest BCUT2D eigenvalue weighted by Crippen LogP contribution is -2.51. The Balaban J connectivity index is 2.78. The van der Waals surface area contributed by atoms with Crippen LogP contribution in [0.25, 0.3) is 0 Å². The van der Waals surface area contributed by atoms with Gasteiger partial charge in [-0.05, 0) is 33.5 Å². The zero-order valence-electron chi connectivity index (χ0n) is 9.54. The highest BCUT2D eigenvalue weighted by atomic mass is 15.2. The number of nitrogens with zero attached hydrogens (tertiary/aromatic N) is 1. The molecule has 0 amide bonds. The summed E-state index contributed by atoms with van der Waals surface area (Å²) in [5.74, 6) is 0. The maximum absolute atomic E-state index is 6.17. The van der Waals surface area contributed by atoms with E-state index in [-0.39, 0.29) is 5.66 Å². The zero-order valence-corrected chi connectivity index (χ0v) is 9.54. The number of hydrogen-bond donors (Lipinski definition) is 1. The van der Waals surface area contributed by atoms with Crippen LogP contribution in [0.15, 0.2) is 24.3 Å². The molecule has 14 heavy (non-hydrogen) atoms. The van der Waals surface area contributed by atoms with Crippen LogP contribution in [0.5, 0.6) is 0 Å². The first kappa shape index (κ1) is 11.2. The van der Waals surface area contributed by atoms with Crippen LogP contribution in [0, 0.1) is 6.92 Å². The maximum atomic E-state index is 6.17. The summed E-state index contributed by atoms with van der Waals surface area (Å²) in [6, 6.07) is 8.50. The first-order valence-electron chi connectivity index (χ1n) is 4.94. The largest absolute Gasteiger partial charge is 0.313 e. The average molecular weight is 192 g/mol. The van der Waals surface area contributed by atoms with Crippen molar-refractivity contribution in [2.24, 2.45) is 5.73 Å². The first-order valence-corrected chi connectivity index (χ1v) is 4.94. The average Bonchev–Trinajstić information content (AvgIpc) is 2.02. The minimum absolute atomic E-state index is 0.270. The SMILES string of the molecule is Cc1cccc(CC(C)(N)N(C)C)c1. The van der Waals surface area contributed by atoms with Crippen LogP contribution in [-0.2, 0) is 6.42 Å². The standard InChI is InChI=1S/C12H20N2/c1-10-6-5-7-11(8-10)9-12(2,13)14(3)4/h5-8H,9,13H2,1-4H3. The molecule has 0 saturated carbocycles. The molecule has 0 bridgehead atoms. The molecule has 1 atom stereocenters. The molecule has 0 aliphatic rings. The summed E-state index contributed by atoms with van der Waals surface area (Å²) in [4.78, 5) is 2.05. The number of nitrogens with two attached hydrogens (primary N) is 1. The van der Waals surface area contributed by atoms with Crippen LogP contribution in [-0.4, -0.2) is 24.7 Å². The number of likely N-dealkylation sites (N-methyl/N-ethyl adjacent to an activating group) is 1. The molecule has 0 spiro atoms. The third-order valence-electron chi connectivity index (χ3n) is 2.67. The second kappa shape index (κ2) is 4.11. The Morgan fingerprint density at radius 1 is 1.36 bits per heavy atom. The Hall–Kier alpha value is -0.860. The third-order valence-corrected chi connectivity index (χ3v) is 2.67. The van der Waals surface area contributed by atoms with Crippen molar-refractivity contribution < 1.29 is 0 Å². The molecular weight excluding hydrogens is 172 g/mol. The lowest BCUT2D eigenvalue weighted by Gasteiger charge is -2.32. The number of benzene rings is 1.